The highest BCUT2D eigenvalue weighted by molar-refractivity contribution is 5.22. The largest absolute Gasteiger partial charge is 0.258 e. The third kappa shape index (κ3) is 9.79. The van der Waals surface area contributed by atoms with Gasteiger partial charge >= 0.3 is 0 Å². The lowest BCUT2D eigenvalue weighted by atomic mass is 10.0. The zero-order valence-corrected chi connectivity index (χ0v) is 15.7. The summed E-state index contributed by atoms with van der Waals surface area (Å²) < 4.78 is 0. The Morgan fingerprint density at radius 2 is 1.17 bits per heavy atom. The average molecular weight is 317 g/mol. The number of unbranched alkanes of at least 4 members (excludes halogenated alkanes) is 8. The van der Waals surface area contributed by atoms with E-state index in [2.05, 4.69) is 32.9 Å². The molecule has 1 heteroatoms. The van der Waals surface area contributed by atoms with E-state index in [-0.39, 0.29) is 0 Å². The van der Waals surface area contributed by atoms with Gasteiger partial charge in [-0.2, -0.15) is 0 Å². The first-order valence-electron chi connectivity index (χ1n) is 10.1. The van der Waals surface area contributed by atoms with Gasteiger partial charge < -0.3 is 0 Å². The molecular formula is C22H38N. The van der Waals surface area contributed by atoms with E-state index in [0.29, 0.717) is 0 Å². The molecule has 0 fully saturated rings. The zero-order chi connectivity index (χ0) is 16.8. The Hall–Kier alpha value is -0.850. The topological polar surface area (TPSA) is 12.9 Å². The van der Waals surface area contributed by atoms with Crippen molar-refractivity contribution in [2.45, 2.75) is 104 Å². The molecule has 0 aliphatic heterocycles. The lowest BCUT2D eigenvalue weighted by Gasteiger charge is -2.09. The molecule has 23 heavy (non-hydrogen) atoms. The predicted octanol–water partition coefficient (Wildman–Crippen LogP) is 6.87. The molecule has 0 aliphatic carbocycles. The van der Waals surface area contributed by atoms with Crippen molar-refractivity contribution in [3.8, 4) is 0 Å². The highest BCUT2D eigenvalue weighted by Crippen LogP contribution is 2.15. The van der Waals surface area contributed by atoms with Crippen molar-refractivity contribution < 1.29 is 0 Å². The van der Waals surface area contributed by atoms with Crippen LogP contribution in [0.25, 0.3) is 0 Å². The summed E-state index contributed by atoms with van der Waals surface area (Å²) in [6, 6.07) is 4.65. The quantitative estimate of drug-likeness (QED) is 0.341. The molecule has 0 saturated heterocycles. The Kier molecular flexibility index (Phi) is 11.9. The first-order valence-corrected chi connectivity index (χ1v) is 10.1. The summed E-state index contributed by atoms with van der Waals surface area (Å²) in [6.07, 6.45) is 17.8. The predicted molar refractivity (Wildman–Crippen MR) is 103 cm³/mol. The Labute approximate surface area is 145 Å². The lowest BCUT2D eigenvalue weighted by Crippen LogP contribution is -2.00. The van der Waals surface area contributed by atoms with Crippen LogP contribution >= 0.6 is 0 Å². The van der Waals surface area contributed by atoms with E-state index in [4.69, 9.17) is 4.98 Å². The molecule has 0 aromatic carbocycles. The molecule has 0 aliphatic rings. The van der Waals surface area contributed by atoms with Crippen molar-refractivity contribution in [3.63, 3.8) is 0 Å². The number of hydrogen-bond acceptors (Lipinski definition) is 1. The summed E-state index contributed by atoms with van der Waals surface area (Å²) in [7, 11) is 0. The van der Waals surface area contributed by atoms with Gasteiger partial charge in [0.2, 0.25) is 0 Å². The second-order valence-corrected chi connectivity index (χ2v) is 6.89. The van der Waals surface area contributed by atoms with E-state index < -0.39 is 0 Å². The second-order valence-electron chi connectivity index (χ2n) is 6.89. The van der Waals surface area contributed by atoms with Gasteiger partial charge in [-0.25, -0.2) is 0 Å². The summed E-state index contributed by atoms with van der Waals surface area (Å²) in [5, 5.41) is 0. The van der Waals surface area contributed by atoms with Gasteiger partial charge in [0.1, 0.15) is 0 Å². The van der Waals surface area contributed by atoms with Crippen molar-refractivity contribution in [3.05, 3.63) is 36.0 Å². The van der Waals surface area contributed by atoms with Crippen molar-refractivity contribution >= 4 is 0 Å². The molecule has 1 rings (SSSR count). The van der Waals surface area contributed by atoms with Gasteiger partial charge in [-0.05, 0) is 56.2 Å². The molecule has 1 aromatic rings. The number of aryl methyl sites for hydroxylation is 3. The molecule has 0 atom stereocenters. The average Bonchev–Trinajstić information content (AvgIpc) is 2.55. The van der Waals surface area contributed by atoms with Crippen molar-refractivity contribution in [2.24, 2.45) is 0 Å². The third-order valence-electron chi connectivity index (χ3n) is 4.53. The highest BCUT2D eigenvalue weighted by Gasteiger charge is 2.04. The van der Waals surface area contributed by atoms with Crippen LogP contribution < -0.4 is 0 Å². The molecule has 131 valence electrons. The monoisotopic (exact) mass is 316 g/mol. The van der Waals surface area contributed by atoms with Gasteiger partial charge in [0.15, 0.2) is 0 Å². The lowest BCUT2D eigenvalue weighted by molar-refractivity contribution is 0.618. The van der Waals surface area contributed by atoms with Crippen LogP contribution in [0.4, 0.5) is 0 Å². The van der Waals surface area contributed by atoms with Crippen LogP contribution in [0.1, 0.15) is 101 Å². The van der Waals surface area contributed by atoms with Crippen LogP contribution in [0.2, 0.25) is 0 Å². The molecular weight excluding hydrogens is 278 g/mol. The molecule has 0 amide bonds. The van der Waals surface area contributed by atoms with Crippen LogP contribution in [0.5, 0.6) is 0 Å². The van der Waals surface area contributed by atoms with Gasteiger partial charge in [-0.1, -0.05) is 72.1 Å². The van der Waals surface area contributed by atoms with Crippen LogP contribution in [0.15, 0.2) is 12.1 Å². The SMILES string of the molecule is [CH2]CCc1cc(CCCCCCC)nc(CCCCCCC)c1. The summed E-state index contributed by atoms with van der Waals surface area (Å²) in [6.45, 7) is 8.56. The maximum absolute atomic E-state index is 4.93. The first kappa shape index (κ1) is 20.2. The smallest absolute Gasteiger partial charge is 0.0409 e. The minimum absolute atomic E-state index is 0.982. The number of aromatic nitrogens is 1. The Morgan fingerprint density at radius 1 is 0.696 bits per heavy atom. The number of rotatable bonds is 14. The van der Waals surface area contributed by atoms with Gasteiger partial charge in [0, 0.05) is 11.4 Å². The van der Waals surface area contributed by atoms with Crippen molar-refractivity contribution in [2.75, 3.05) is 0 Å². The van der Waals surface area contributed by atoms with E-state index in [1.54, 1.807) is 0 Å². The van der Waals surface area contributed by atoms with Crippen LogP contribution in [-0.4, -0.2) is 4.98 Å². The maximum atomic E-state index is 4.93. The van der Waals surface area contributed by atoms with E-state index in [9.17, 15) is 0 Å². The van der Waals surface area contributed by atoms with E-state index >= 15 is 0 Å². The Bertz CT molecular complexity index is 365. The number of pyridine rings is 1. The Balaban J connectivity index is 2.48. The fraction of sp³-hybridized carbons (Fsp3) is 0.727. The van der Waals surface area contributed by atoms with Gasteiger partial charge in [-0.3, -0.25) is 4.98 Å². The van der Waals surface area contributed by atoms with Crippen molar-refractivity contribution in [1.82, 2.24) is 4.98 Å². The van der Waals surface area contributed by atoms with E-state index in [1.165, 1.54) is 81.2 Å². The summed E-state index contributed by atoms with van der Waals surface area (Å²) in [5.74, 6) is 0. The fourth-order valence-electron chi connectivity index (χ4n) is 3.14. The Morgan fingerprint density at radius 3 is 1.61 bits per heavy atom. The second kappa shape index (κ2) is 13.6. The fourth-order valence-corrected chi connectivity index (χ4v) is 3.14. The summed E-state index contributed by atoms with van der Waals surface area (Å²) >= 11 is 0. The van der Waals surface area contributed by atoms with E-state index in [1.807, 2.05) is 0 Å². The van der Waals surface area contributed by atoms with E-state index in [0.717, 1.165) is 25.7 Å². The first-order chi connectivity index (χ1) is 11.3. The van der Waals surface area contributed by atoms with Crippen molar-refractivity contribution in [1.29, 1.82) is 0 Å². The molecule has 1 nitrogen and oxygen atoms in total. The summed E-state index contributed by atoms with van der Waals surface area (Å²) in [5.41, 5.74) is 4.08. The van der Waals surface area contributed by atoms with Gasteiger partial charge in [0.05, 0.1) is 0 Å². The highest BCUT2D eigenvalue weighted by atomic mass is 14.7. The van der Waals surface area contributed by atoms with Crippen LogP contribution in [0.3, 0.4) is 0 Å². The number of hydrogen-bond donors (Lipinski definition) is 0. The minimum atomic E-state index is 0.982. The molecule has 1 aromatic heterocycles. The van der Waals surface area contributed by atoms with Crippen LogP contribution in [-0.2, 0) is 19.3 Å². The molecule has 0 spiro atoms. The maximum Gasteiger partial charge on any atom is 0.0409 e. The van der Waals surface area contributed by atoms with Gasteiger partial charge in [0.25, 0.3) is 0 Å². The minimum Gasteiger partial charge on any atom is -0.258 e. The standard InChI is InChI=1S/C22H38N/c1-4-7-9-11-13-16-21-18-20(15-6-3)19-22(23-21)17-14-12-10-8-5-2/h18-19H,3-17H2,1-2H3. The molecule has 1 heterocycles. The number of nitrogens with zero attached hydrogens (tertiary/aromatic N) is 1. The third-order valence-corrected chi connectivity index (χ3v) is 4.53. The molecule has 0 bridgehead atoms. The normalized spacial score (nSPS) is 11.1. The molecule has 0 saturated carbocycles. The molecule has 1 radical (unpaired) electrons. The van der Waals surface area contributed by atoms with Crippen LogP contribution in [0, 0.1) is 6.92 Å². The summed E-state index contributed by atoms with van der Waals surface area (Å²) in [4.78, 5) is 4.93. The zero-order valence-electron chi connectivity index (χ0n) is 15.7. The van der Waals surface area contributed by atoms with Gasteiger partial charge in [-0.15, -0.1) is 0 Å². The molecule has 0 unspecified atom stereocenters. The molecule has 0 N–H and O–H groups in total.